The first-order valence-corrected chi connectivity index (χ1v) is 4.22. The van der Waals surface area contributed by atoms with Crippen LogP contribution in [0, 0.1) is 0 Å². The maximum atomic E-state index is 5.83. The fourth-order valence-electron chi connectivity index (χ4n) is 1.27. The van der Waals surface area contributed by atoms with Crippen molar-refractivity contribution >= 4 is 17.1 Å². The van der Waals surface area contributed by atoms with E-state index in [1.807, 2.05) is 18.2 Å². The van der Waals surface area contributed by atoms with Crippen LogP contribution in [0.1, 0.15) is 5.56 Å². The van der Waals surface area contributed by atoms with Gasteiger partial charge in [-0.2, -0.15) is 0 Å². The lowest BCUT2D eigenvalue weighted by Crippen LogP contribution is -2.13. The lowest BCUT2D eigenvalue weighted by Gasteiger charge is -2.14. The highest BCUT2D eigenvalue weighted by Crippen LogP contribution is 2.25. The van der Waals surface area contributed by atoms with E-state index in [0.29, 0.717) is 11.4 Å². The molecule has 0 unspecified atom stereocenters. The van der Waals surface area contributed by atoms with Crippen molar-refractivity contribution in [1.29, 1.82) is 0 Å². The summed E-state index contributed by atoms with van der Waals surface area (Å²) in [6.45, 7) is 0. The van der Waals surface area contributed by atoms with E-state index in [2.05, 4.69) is 5.48 Å². The highest BCUT2D eigenvalue weighted by atomic mass is 16.6. The van der Waals surface area contributed by atoms with Gasteiger partial charge in [0.25, 0.3) is 0 Å². The van der Waals surface area contributed by atoms with E-state index in [-0.39, 0.29) is 0 Å². The first-order valence-electron chi connectivity index (χ1n) is 4.22. The summed E-state index contributed by atoms with van der Waals surface area (Å²) in [7, 11) is 0. The van der Waals surface area contributed by atoms with Crippen LogP contribution in [0.25, 0.3) is 5.70 Å². The van der Waals surface area contributed by atoms with Crippen molar-refractivity contribution in [1.82, 2.24) is 5.48 Å². The molecule has 0 saturated carbocycles. The largest absolute Gasteiger partial charge is 0.397 e. The molecule has 1 aliphatic rings. The van der Waals surface area contributed by atoms with Gasteiger partial charge in [-0.3, -0.25) is 0 Å². The highest BCUT2D eigenvalue weighted by molar-refractivity contribution is 5.81. The van der Waals surface area contributed by atoms with Gasteiger partial charge in [0.2, 0.25) is 0 Å². The molecule has 0 radical (unpaired) electrons. The molecule has 1 aliphatic heterocycles. The second-order valence-corrected chi connectivity index (χ2v) is 2.94. The Morgan fingerprint density at radius 2 is 2.07 bits per heavy atom. The van der Waals surface area contributed by atoms with Crippen LogP contribution in [0.2, 0.25) is 0 Å². The molecule has 72 valence electrons. The van der Waals surface area contributed by atoms with Gasteiger partial charge in [0.15, 0.2) is 0 Å². The Morgan fingerprint density at radius 1 is 1.21 bits per heavy atom. The van der Waals surface area contributed by atoms with Crippen molar-refractivity contribution in [3.8, 4) is 0 Å². The van der Waals surface area contributed by atoms with Gasteiger partial charge in [0.1, 0.15) is 6.26 Å². The van der Waals surface area contributed by atoms with E-state index in [9.17, 15) is 0 Å². The number of anilines is 2. The third-order valence-electron chi connectivity index (χ3n) is 2.01. The molecule has 0 aliphatic carbocycles. The van der Waals surface area contributed by atoms with Crippen molar-refractivity contribution in [2.45, 2.75) is 0 Å². The number of para-hydroxylation sites is 1. The number of nitrogens with two attached hydrogens (primary N) is 2. The van der Waals surface area contributed by atoms with Crippen LogP contribution < -0.4 is 16.9 Å². The highest BCUT2D eigenvalue weighted by Gasteiger charge is 2.08. The topological polar surface area (TPSA) is 73.3 Å². The van der Waals surface area contributed by atoms with E-state index in [0.717, 1.165) is 11.3 Å². The summed E-state index contributed by atoms with van der Waals surface area (Å²) in [4.78, 5) is 4.94. The fourth-order valence-corrected chi connectivity index (χ4v) is 1.27. The molecule has 14 heavy (non-hydrogen) atoms. The maximum Gasteiger partial charge on any atom is 0.119 e. The second-order valence-electron chi connectivity index (χ2n) is 2.94. The normalized spacial score (nSPS) is 14.1. The molecule has 1 heterocycles. The minimum Gasteiger partial charge on any atom is -0.397 e. The molecular formula is C10H11N3O. The zero-order valence-electron chi connectivity index (χ0n) is 7.53. The number of nitrogen functional groups attached to an aromatic ring is 2. The van der Waals surface area contributed by atoms with Crippen molar-refractivity contribution in [2.24, 2.45) is 0 Å². The second kappa shape index (κ2) is 3.33. The molecule has 1 aromatic carbocycles. The number of allylic oxidation sites excluding steroid dienone is 2. The van der Waals surface area contributed by atoms with Crippen LogP contribution >= 0.6 is 0 Å². The summed E-state index contributed by atoms with van der Waals surface area (Å²) in [6, 6.07) is 5.49. The SMILES string of the molecule is Nc1cccc(C2=CC=CON2)c1N. The summed E-state index contributed by atoms with van der Waals surface area (Å²) in [5, 5.41) is 0. The first-order chi connectivity index (χ1) is 6.79. The van der Waals surface area contributed by atoms with Crippen molar-refractivity contribution in [2.75, 3.05) is 11.5 Å². The van der Waals surface area contributed by atoms with E-state index in [1.165, 1.54) is 0 Å². The average molecular weight is 189 g/mol. The number of nitrogens with one attached hydrogen (secondary N) is 1. The quantitative estimate of drug-likeness (QED) is 0.581. The van der Waals surface area contributed by atoms with Gasteiger partial charge in [0.05, 0.1) is 17.1 Å². The zero-order valence-corrected chi connectivity index (χ0v) is 7.53. The van der Waals surface area contributed by atoms with Gasteiger partial charge in [-0.1, -0.05) is 12.1 Å². The lowest BCUT2D eigenvalue weighted by atomic mass is 10.1. The third-order valence-corrected chi connectivity index (χ3v) is 2.01. The molecule has 0 atom stereocenters. The molecule has 5 N–H and O–H groups in total. The van der Waals surface area contributed by atoms with E-state index in [4.69, 9.17) is 16.3 Å². The summed E-state index contributed by atoms with van der Waals surface area (Å²) < 4.78 is 0. The molecule has 0 saturated heterocycles. The van der Waals surface area contributed by atoms with Crippen LogP contribution in [0.3, 0.4) is 0 Å². The summed E-state index contributed by atoms with van der Waals surface area (Å²) in [5.41, 5.74) is 17.0. The molecule has 0 amide bonds. The Labute approximate surface area is 81.8 Å². The predicted octanol–water partition coefficient (Wildman–Crippen LogP) is 1.24. The van der Waals surface area contributed by atoms with Gasteiger partial charge < -0.3 is 16.3 Å². The molecule has 0 spiro atoms. The molecule has 0 aromatic heterocycles. The van der Waals surface area contributed by atoms with E-state index in [1.54, 1.807) is 18.4 Å². The van der Waals surface area contributed by atoms with Gasteiger partial charge in [-0.05, 0) is 18.2 Å². The molecule has 2 rings (SSSR count). The summed E-state index contributed by atoms with van der Waals surface area (Å²) >= 11 is 0. The average Bonchev–Trinajstić information content (AvgIpc) is 2.23. The number of hydrogen-bond donors (Lipinski definition) is 3. The Kier molecular flexibility index (Phi) is 2.02. The Balaban J connectivity index is 2.45. The molecule has 4 nitrogen and oxygen atoms in total. The van der Waals surface area contributed by atoms with Gasteiger partial charge in [-0.15, -0.1) is 0 Å². The fraction of sp³-hybridized carbons (Fsp3) is 0. The lowest BCUT2D eigenvalue weighted by molar-refractivity contribution is 0.182. The Bertz CT molecular complexity index is 410. The molecule has 0 bridgehead atoms. The minimum absolute atomic E-state index is 0.560. The smallest absolute Gasteiger partial charge is 0.119 e. The number of rotatable bonds is 1. The summed E-state index contributed by atoms with van der Waals surface area (Å²) in [6.07, 6.45) is 5.20. The van der Waals surface area contributed by atoms with E-state index < -0.39 is 0 Å². The van der Waals surface area contributed by atoms with Crippen molar-refractivity contribution < 1.29 is 4.84 Å². The van der Waals surface area contributed by atoms with Crippen LogP contribution in [0.15, 0.2) is 36.6 Å². The Morgan fingerprint density at radius 3 is 2.79 bits per heavy atom. The summed E-state index contributed by atoms with van der Waals surface area (Å²) in [5.74, 6) is 0. The van der Waals surface area contributed by atoms with Gasteiger partial charge >= 0.3 is 0 Å². The standard InChI is InChI=1S/C10H11N3O/c11-8-4-1-3-7(10(8)12)9-5-2-6-14-13-9/h1-6,13H,11-12H2. The molecule has 0 fully saturated rings. The molecule has 4 heteroatoms. The predicted molar refractivity (Wildman–Crippen MR) is 56.6 cm³/mol. The van der Waals surface area contributed by atoms with Crippen LogP contribution in [0.4, 0.5) is 11.4 Å². The Hall–Kier alpha value is -2.10. The van der Waals surface area contributed by atoms with Gasteiger partial charge in [0, 0.05) is 5.56 Å². The maximum absolute atomic E-state index is 5.83. The van der Waals surface area contributed by atoms with Crippen LogP contribution in [0.5, 0.6) is 0 Å². The number of hydrogen-bond acceptors (Lipinski definition) is 4. The first kappa shape index (κ1) is 8.50. The van der Waals surface area contributed by atoms with Crippen molar-refractivity contribution in [3.05, 3.63) is 42.2 Å². The number of benzene rings is 1. The molecular weight excluding hydrogens is 178 g/mol. The van der Waals surface area contributed by atoms with Crippen molar-refractivity contribution in [3.63, 3.8) is 0 Å². The minimum atomic E-state index is 0.560. The monoisotopic (exact) mass is 189 g/mol. The van der Waals surface area contributed by atoms with Gasteiger partial charge in [-0.25, -0.2) is 5.48 Å². The van der Waals surface area contributed by atoms with Crippen LogP contribution in [-0.2, 0) is 4.84 Å². The van der Waals surface area contributed by atoms with Crippen LogP contribution in [-0.4, -0.2) is 0 Å². The third kappa shape index (κ3) is 1.37. The van der Waals surface area contributed by atoms with E-state index >= 15 is 0 Å². The molecule has 1 aromatic rings. The number of hydroxylamine groups is 1. The zero-order chi connectivity index (χ0) is 9.97.